The van der Waals surface area contributed by atoms with Crippen molar-refractivity contribution in [1.82, 2.24) is 4.90 Å². The summed E-state index contributed by atoms with van der Waals surface area (Å²) in [5.41, 5.74) is 7.35. The van der Waals surface area contributed by atoms with Gasteiger partial charge in [0.2, 0.25) is 0 Å². The summed E-state index contributed by atoms with van der Waals surface area (Å²) in [7, 11) is 0. The Hall–Kier alpha value is -2.54. The number of piperidine rings is 1. The molecule has 0 aliphatic carbocycles. The average Bonchev–Trinajstić information content (AvgIpc) is 3.05. The Morgan fingerprint density at radius 1 is 1.11 bits per heavy atom. The Labute approximate surface area is 161 Å². The molecule has 2 aliphatic heterocycles. The monoisotopic (exact) mass is 390 g/mol. The number of hydrogen-bond acceptors (Lipinski definition) is 3. The summed E-state index contributed by atoms with van der Waals surface area (Å²) in [4.78, 5) is 14.4. The van der Waals surface area contributed by atoms with Gasteiger partial charge >= 0.3 is 6.18 Å². The maximum atomic E-state index is 12.7. The molecule has 2 aromatic rings. The molecule has 28 heavy (non-hydrogen) atoms. The van der Waals surface area contributed by atoms with Crippen LogP contribution in [0.4, 0.5) is 13.2 Å². The first-order valence-electron chi connectivity index (χ1n) is 9.25. The number of amides is 1. The lowest BCUT2D eigenvalue weighted by Crippen LogP contribution is -2.46. The molecule has 4 rings (SSSR count). The van der Waals surface area contributed by atoms with E-state index >= 15 is 0 Å². The zero-order valence-electron chi connectivity index (χ0n) is 15.3. The van der Waals surface area contributed by atoms with E-state index in [0.717, 1.165) is 41.9 Å². The van der Waals surface area contributed by atoms with Crippen molar-refractivity contribution in [2.45, 2.75) is 31.0 Å². The van der Waals surface area contributed by atoms with E-state index in [-0.39, 0.29) is 16.9 Å². The van der Waals surface area contributed by atoms with Crippen LogP contribution in [0.3, 0.4) is 0 Å². The molecular formula is C21H21F3N2O2. The van der Waals surface area contributed by atoms with Crippen molar-refractivity contribution >= 4 is 5.91 Å². The van der Waals surface area contributed by atoms with Gasteiger partial charge in [0.05, 0.1) is 12.2 Å². The summed E-state index contributed by atoms with van der Waals surface area (Å²) < 4.78 is 44.0. The zero-order valence-corrected chi connectivity index (χ0v) is 15.3. The topological polar surface area (TPSA) is 55.6 Å². The third-order valence-corrected chi connectivity index (χ3v) is 5.82. The van der Waals surface area contributed by atoms with Gasteiger partial charge in [-0.2, -0.15) is 13.2 Å². The van der Waals surface area contributed by atoms with Crippen LogP contribution in [-0.4, -0.2) is 30.5 Å². The van der Waals surface area contributed by atoms with E-state index in [2.05, 4.69) is 6.07 Å². The van der Waals surface area contributed by atoms with Crippen molar-refractivity contribution in [3.63, 3.8) is 0 Å². The van der Waals surface area contributed by atoms with Gasteiger partial charge in [-0.1, -0.05) is 12.1 Å². The van der Waals surface area contributed by atoms with Gasteiger partial charge in [-0.3, -0.25) is 4.79 Å². The van der Waals surface area contributed by atoms with Crippen LogP contribution in [0.25, 0.3) is 0 Å². The highest BCUT2D eigenvalue weighted by atomic mass is 19.4. The highest BCUT2D eigenvalue weighted by Crippen LogP contribution is 2.46. The van der Waals surface area contributed by atoms with E-state index in [9.17, 15) is 18.0 Å². The molecule has 0 aromatic heterocycles. The van der Waals surface area contributed by atoms with Gasteiger partial charge < -0.3 is 15.4 Å². The molecule has 2 aliphatic rings. The third-order valence-electron chi connectivity index (χ3n) is 5.82. The maximum Gasteiger partial charge on any atom is 0.416 e. The second-order valence-corrected chi connectivity index (χ2v) is 7.47. The van der Waals surface area contributed by atoms with Crippen LogP contribution in [0, 0.1) is 0 Å². The fraction of sp³-hybridized carbons (Fsp3) is 0.381. The molecule has 2 N–H and O–H groups in total. The molecule has 148 valence electrons. The highest BCUT2D eigenvalue weighted by Gasteiger charge is 2.44. The molecule has 1 spiro atoms. The summed E-state index contributed by atoms with van der Waals surface area (Å²) in [6, 6.07) is 10.4. The van der Waals surface area contributed by atoms with Gasteiger partial charge in [0.15, 0.2) is 0 Å². The summed E-state index contributed by atoms with van der Waals surface area (Å²) in [5, 5.41) is 0. The van der Waals surface area contributed by atoms with E-state index in [1.807, 2.05) is 12.1 Å². The summed E-state index contributed by atoms with van der Waals surface area (Å²) in [5.74, 6) is 0.637. The minimum atomic E-state index is -4.41. The standard InChI is InChI=1S/C21H21F3N2O2/c22-21(23,24)16-4-2-15(3-5-16)19(27)26-9-7-20(8-10-26)13-28-18-6-1-14(12-25)11-17(18)20/h1-6,11H,7-10,12-13,25H2. The number of likely N-dealkylation sites (tertiary alicyclic amines) is 1. The number of carbonyl (C=O) groups excluding carboxylic acids is 1. The van der Waals surface area contributed by atoms with Gasteiger partial charge in [-0.15, -0.1) is 0 Å². The Bertz CT molecular complexity index is 886. The van der Waals surface area contributed by atoms with Crippen molar-refractivity contribution in [3.8, 4) is 5.75 Å². The largest absolute Gasteiger partial charge is 0.492 e. The van der Waals surface area contributed by atoms with Gasteiger partial charge in [0.25, 0.3) is 5.91 Å². The van der Waals surface area contributed by atoms with Crippen molar-refractivity contribution in [1.29, 1.82) is 0 Å². The summed E-state index contributed by atoms with van der Waals surface area (Å²) in [6.07, 6.45) is -2.90. The number of ether oxygens (including phenoxy) is 1. The predicted molar refractivity (Wildman–Crippen MR) is 98.1 cm³/mol. The molecule has 2 aromatic carbocycles. The van der Waals surface area contributed by atoms with E-state index in [0.29, 0.717) is 26.2 Å². The molecule has 0 atom stereocenters. The lowest BCUT2D eigenvalue weighted by Gasteiger charge is -2.38. The Morgan fingerprint density at radius 3 is 2.39 bits per heavy atom. The number of hydrogen-bond donors (Lipinski definition) is 1. The van der Waals surface area contributed by atoms with Gasteiger partial charge in [-0.25, -0.2) is 0 Å². The Morgan fingerprint density at radius 2 is 1.79 bits per heavy atom. The number of rotatable bonds is 2. The smallest absolute Gasteiger partial charge is 0.416 e. The van der Waals surface area contributed by atoms with Crippen LogP contribution in [0.1, 0.15) is 39.9 Å². The first kappa shape index (κ1) is 18.8. The molecule has 0 radical (unpaired) electrons. The molecule has 1 amide bonds. The number of benzene rings is 2. The zero-order chi connectivity index (χ0) is 19.9. The molecule has 1 saturated heterocycles. The number of alkyl halides is 3. The molecule has 0 unspecified atom stereocenters. The van der Waals surface area contributed by atoms with Crippen LogP contribution in [0.5, 0.6) is 5.75 Å². The van der Waals surface area contributed by atoms with Crippen molar-refractivity contribution in [2.75, 3.05) is 19.7 Å². The summed E-state index contributed by atoms with van der Waals surface area (Å²) in [6.45, 7) is 2.12. The Balaban J connectivity index is 1.47. The highest BCUT2D eigenvalue weighted by molar-refractivity contribution is 5.94. The van der Waals surface area contributed by atoms with Crippen LogP contribution >= 0.6 is 0 Å². The van der Waals surface area contributed by atoms with Crippen molar-refractivity contribution in [2.24, 2.45) is 5.73 Å². The minimum Gasteiger partial charge on any atom is -0.492 e. The van der Waals surface area contributed by atoms with Crippen LogP contribution in [0.15, 0.2) is 42.5 Å². The van der Waals surface area contributed by atoms with E-state index in [4.69, 9.17) is 10.5 Å². The van der Waals surface area contributed by atoms with E-state index in [1.54, 1.807) is 4.90 Å². The average molecular weight is 390 g/mol. The lowest BCUT2D eigenvalue weighted by atomic mass is 9.74. The van der Waals surface area contributed by atoms with Crippen LogP contribution < -0.4 is 10.5 Å². The minimum absolute atomic E-state index is 0.128. The fourth-order valence-corrected chi connectivity index (χ4v) is 4.07. The predicted octanol–water partition coefficient (Wildman–Crippen LogP) is 3.73. The third kappa shape index (κ3) is 3.24. The molecular weight excluding hydrogens is 369 g/mol. The number of carbonyl (C=O) groups is 1. The first-order chi connectivity index (χ1) is 13.3. The van der Waals surface area contributed by atoms with Crippen LogP contribution in [-0.2, 0) is 18.1 Å². The maximum absolute atomic E-state index is 12.7. The molecule has 1 fully saturated rings. The molecule has 0 saturated carbocycles. The molecule has 2 heterocycles. The lowest BCUT2D eigenvalue weighted by molar-refractivity contribution is -0.137. The fourth-order valence-electron chi connectivity index (χ4n) is 4.07. The molecule has 4 nitrogen and oxygen atoms in total. The number of nitrogens with zero attached hydrogens (tertiary/aromatic N) is 1. The van der Waals surface area contributed by atoms with Crippen molar-refractivity contribution in [3.05, 3.63) is 64.7 Å². The molecule has 7 heteroatoms. The quantitative estimate of drug-likeness (QED) is 0.850. The van der Waals surface area contributed by atoms with Crippen LogP contribution in [0.2, 0.25) is 0 Å². The normalized spacial score (nSPS) is 18.1. The summed E-state index contributed by atoms with van der Waals surface area (Å²) >= 11 is 0. The van der Waals surface area contributed by atoms with Gasteiger partial charge in [-0.05, 0) is 48.7 Å². The van der Waals surface area contributed by atoms with Gasteiger partial charge in [0, 0.05) is 36.2 Å². The van der Waals surface area contributed by atoms with E-state index in [1.165, 1.54) is 12.1 Å². The van der Waals surface area contributed by atoms with Crippen molar-refractivity contribution < 1.29 is 22.7 Å². The SMILES string of the molecule is NCc1ccc2c(c1)C1(CCN(C(=O)c3ccc(C(F)(F)F)cc3)CC1)CO2. The van der Waals surface area contributed by atoms with E-state index < -0.39 is 11.7 Å². The molecule has 0 bridgehead atoms. The number of nitrogens with two attached hydrogens (primary N) is 1. The second-order valence-electron chi connectivity index (χ2n) is 7.47. The first-order valence-corrected chi connectivity index (χ1v) is 9.25. The number of halogens is 3. The van der Waals surface area contributed by atoms with Gasteiger partial charge in [0.1, 0.15) is 5.75 Å². The second kappa shape index (κ2) is 6.81. The Kier molecular flexibility index (Phi) is 4.57. The number of fused-ring (bicyclic) bond motifs is 2.